The fourth-order valence-electron chi connectivity index (χ4n) is 4.09. The molecule has 1 aromatic carbocycles. The van der Waals surface area contributed by atoms with E-state index in [1.54, 1.807) is 6.07 Å². The van der Waals surface area contributed by atoms with Crippen LogP contribution in [0.5, 0.6) is 0 Å². The molecule has 5 rings (SSSR count). The highest BCUT2D eigenvalue weighted by Crippen LogP contribution is 2.38. The normalized spacial score (nSPS) is 22.5. The smallest absolute Gasteiger partial charge is 0.291 e. The zero-order valence-corrected chi connectivity index (χ0v) is 20.2. The number of aliphatic hydroxyl groups excluding tert-OH is 1. The Morgan fingerprint density at radius 1 is 1.26 bits per heavy atom. The number of piperidine rings is 1. The van der Waals surface area contributed by atoms with Gasteiger partial charge in [0, 0.05) is 23.5 Å². The van der Waals surface area contributed by atoms with Gasteiger partial charge in [0.15, 0.2) is 10.0 Å². The van der Waals surface area contributed by atoms with Crippen molar-refractivity contribution in [3.63, 3.8) is 0 Å². The Kier molecular flexibility index (Phi) is 5.78. The maximum Gasteiger partial charge on any atom is 0.291 e. The molecule has 0 radical (unpaired) electrons. The van der Waals surface area contributed by atoms with Gasteiger partial charge in [-0.15, -0.1) is 10.2 Å². The maximum absolute atomic E-state index is 13.2. The number of nitrogens with one attached hydrogen (secondary N) is 1. The van der Waals surface area contributed by atoms with Crippen molar-refractivity contribution in [1.29, 1.82) is 0 Å². The summed E-state index contributed by atoms with van der Waals surface area (Å²) in [6.45, 7) is 4.33. The van der Waals surface area contributed by atoms with Crippen LogP contribution in [-0.2, 0) is 10.0 Å². The molecule has 9 nitrogen and oxygen atoms in total. The molecule has 0 spiro atoms. The second kappa shape index (κ2) is 8.40. The largest absolute Gasteiger partial charge is 0.393 e. The van der Waals surface area contributed by atoms with Crippen LogP contribution in [0.3, 0.4) is 0 Å². The third kappa shape index (κ3) is 4.49. The van der Waals surface area contributed by atoms with E-state index in [2.05, 4.69) is 24.9 Å². The SMILES string of the molecule is C[C@H]1C[C@@H](O)CCN1c1nc(-c2nnc(C(F)F)s2)c2cc(S(=O)(=O)NC3(C)CC3)ccc2n1. The number of nitrogens with zero attached hydrogens (tertiary/aromatic N) is 5. The Morgan fingerprint density at radius 2 is 2.03 bits per heavy atom. The van der Waals surface area contributed by atoms with E-state index in [1.165, 1.54) is 12.1 Å². The summed E-state index contributed by atoms with van der Waals surface area (Å²) in [7, 11) is -3.80. The molecular weight excluding hydrogens is 486 g/mol. The second-order valence-corrected chi connectivity index (χ2v) is 11.9. The van der Waals surface area contributed by atoms with Crippen LogP contribution in [0.1, 0.15) is 51.0 Å². The van der Waals surface area contributed by atoms with E-state index in [1.807, 2.05) is 18.7 Å². The van der Waals surface area contributed by atoms with Gasteiger partial charge < -0.3 is 10.0 Å². The lowest BCUT2D eigenvalue weighted by Gasteiger charge is -2.36. The maximum atomic E-state index is 13.2. The average Bonchev–Trinajstić information content (AvgIpc) is 3.28. The quantitative estimate of drug-likeness (QED) is 0.518. The summed E-state index contributed by atoms with van der Waals surface area (Å²) >= 11 is 0.713. The highest BCUT2D eigenvalue weighted by molar-refractivity contribution is 7.89. The molecule has 13 heteroatoms. The lowest BCUT2D eigenvalue weighted by molar-refractivity contribution is 0.131. The van der Waals surface area contributed by atoms with Crippen LogP contribution in [0, 0.1) is 0 Å². The van der Waals surface area contributed by atoms with E-state index in [-0.39, 0.29) is 21.6 Å². The molecule has 0 unspecified atom stereocenters. The van der Waals surface area contributed by atoms with Gasteiger partial charge in [-0.1, -0.05) is 11.3 Å². The Bertz CT molecular complexity index is 1350. The van der Waals surface area contributed by atoms with Crippen LogP contribution in [0.15, 0.2) is 23.1 Å². The number of alkyl halides is 2. The molecule has 0 amide bonds. The molecule has 34 heavy (non-hydrogen) atoms. The van der Waals surface area contributed by atoms with Crippen LogP contribution >= 0.6 is 11.3 Å². The van der Waals surface area contributed by atoms with Crippen molar-refractivity contribution in [2.45, 2.75) is 68.5 Å². The van der Waals surface area contributed by atoms with Crippen LogP contribution in [0.4, 0.5) is 14.7 Å². The predicted octanol–water partition coefficient (Wildman–Crippen LogP) is 3.27. The highest BCUT2D eigenvalue weighted by Gasteiger charge is 2.41. The van der Waals surface area contributed by atoms with E-state index in [9.17, 15) is 22.3 Å². The lowest BCUT2D eigenvalue weighted by Crippen LogP contribution is -2.43. The Labute approximate surface area is 199 Å². The number of aliphatic hydroxyl groups is 1. The molecule has 1 aliphatic carbocycles. The monoisotopic (exact) mass is 510 g/mol. The first kappa shape index (κ1) is 23.4. The summed E-state index contributed by atoms with van der Waals surface area (Å²) in [5.41, 5.74) is 0.262. The van der Waals surface area contributed by atoms with Gasteiger partial charge >= 0.3 is 0 Å². The van der Waals surface area contributed by atoms with Crippen molar-refractivity contribution in [1.82, 2.24) is 24.9 Å². The number of hydrogen-bond acceptors (Lipinski definition) is 9. The van der Waals surface area contributed by atoms with Gasteiger partial charge in [0.05, 0.1) is 16.5 Å². The van der Waals surface area contributed by atoms with Crippen molar-refractivity contribution in [2.75, 3.05) is 11.4 Å². The molecule has 182 valence electrons. The highest BCUT2D eigenvalue weighted by atomic mass is 32.2. The van der Waals surface area contributed by atoms with E-state index in [4.69, 9.17) is 0 Å². The fourth-order valence-corrected chi connectivity index (χ4v) is 6.28. The van der Waals surface area contributed by atoms with Crippen molar-refractivity contribution in [2.24, 2.45) is 0 Å². The summed E-state index contributed by atoms with van der Waals surface area (Å²) in [4.78, 5) is 11.3. The third-order valence-corrected chi connectivity index (χ3v) is 8.86. The lowest BCUT2D eigenvalue weighted by atomic mass is 10.0. The topological polar surface area (TPSA) is 121 Å². The molecule has 3 heterocycles. The fraction of sp³-hybridized carbons (Fsp3) is 0.524. The summed E-state index contributed by atoms with van der Waals surface area (Å²) in [6, 6.07) is 4.48. The first-order chi connectivity index (χ1) is 16.0. The Morgan fingerprint density at radius 3 is 2.68 bits per heavy atom. The number of sulfonamides is 1. The van der Waals surface area contributed by atoms with Crippen molar-refractivity contribution in [3.8, 4) is 10.7 Å². The minimum atomic E-state index is -3.80. The molecule has 0 bridgehead atoms. The number of aromatic nitrogens is 4. The molecule has 2 atom stereocenters. The van der Waals surface area contributed by atoms with E-state index in [0.717, 1.165) is 12.8 Å². The first-order valence-electron chi connectivity index (χ1n) is 11.0. The minimum Gasteiger partial charge on any atom is -0.393 e. The summed E-state index contributed by atoms with van der Waals surface area (Å²) in [6.07, 6.45) is -0.551. The number of hydrogen-bond donors (Lipinski definition) is 2. The van der Waals surface area contributed by atoms with E-state index < -0.39 is 33.1 Å². The summed E-state index contributed by atoms with van der Waals surface area (Å²) < 4.78 is 55.0. The third-order valence-electron chi connectivity index (χ3n) is 6.28. The summed E-state index contributed by atoms with van der Waals surface area (Å²) in [5.74, 6) is 0.370. The van der Waals surface area contributed by atoms with Gasteiger partial charge in [0.1, 0.15) is 5.69 Å². The number of benzene rings is 1. The number of anilines is 1. The van der Waals surface area contributed by atoms with Gasteiger partial charge in [-0.2, -0.15) is 0 Å². The van der Waals surface area contributed by atoms with Crippen molar-refractivity contribution >= 4 is 38.2 Å². The predicted molar refractivity (Wildman–Crippen MR) is 123 cm³/mol. The van der Waals surface area contributed by atoms with Crippen molar-refractivity contribution in [3.05, 3.63) is 23.2 Å². The molecule has 1 saturated carbocycles. The van der Waals surface area contributed by atoms with E-state index in [0.29, 0.717) is 47.6 Å². The van der Waals surface area contributed by atoms with Crippen LogP contribution in [0.2, 0.25) is 0 Å². The van der Waals surface area contributed by atoms with Crippen LogP contribution < -0.4 is 9.62 Å². The molecule has 1 aliphatic heterocycles. The molecule has 3 aromatic rings. The molecule has 2 fully saturated rings. The van der Waals surface area contributed by atoms with Crippen LogP contribution in [-0.4, -0.2) is 57.9 Å². The zero-order chi connectivity index (χ0) is 24.3. The number of halogens is 2. The zero-order valence-electron chi connectivity index (χ0n) is 18.6. The molecule has 2 aliphatic rings. The molecular formula is C21H24F2N6O3S2. The number of fused-ring (bicyclic) bond motifs is 1. The van der Waals surface area contributed by atoms with Gasteiger partial charge in [0.25, 0.3) is 6.43 Å². The summed E-state index contributed by atoms with van der Waals surface area (Å²) in [5, 5.41) is 17.6. The standard InChI is InChI=1S/C21H24F2N6O3S2/c1-11-9-12(30)5-8-29(11)20-24-15-4-3-13(34(31,32)28-21(2)6-7-21)10-14(15)16(25-20)18-26-27-19(33-18)17(22)23/h3-4,10-12,17,28,30H,5-9H2,1-2H3/t11-,12-/m0/s1. The van der Waals surface area contributed by atoms with Gasteiger partial charge in [-0.25, -0.2) is 31.9 Å². The van der Waals surface area contributed by atoms with Crippen LogP contribution in [0.25, 0.3) is 21.6 Å². The Balaban J connectivity index is 1.64. The molecule has 2 aromatic heterocycles. The minimum absolute atomic E-state index is 0.0387. The molecule has 1 saturated heterocycles. The van der Waals surface area contributed by atoms with Crippen molar-refractivity contribution < 1.29 is 22.3 Å². The first-order valence-corrected chi connectivity index (χ1v) is 13.3. The van der Waals surface area contributed by atoms with E-state index >= 15 is 0 Å². The molecule has 2 N–H and O–H groups in total. The van der Waals surface area contributed by atoms with Gasteiger partial charge in [0.2, 0.25) is 16.0 Å². The average molecular weight is 511 g/mol. The number of rotatable bonds is 6. The van der Waals surface area contributed by atoms with Gasteiger partial charge in [-0.05, 0) is 57.7 Å². The Hall–Kier alpha value is -2.35. The van der Waals surface area contributed by atoms with Gasteiger partial charge in [-0.3, -0.25) is 0 Å². The second-order valence-electron chi connectivity index (χ2n) is 9.18.